The molecule has 0 saturated heterocycles. The fourth-order valence-corrected chi connectivity index (χ4v) is 1.83. The van der Waals surface area contributed by atoms with Crippen molar-refractivity contribution in [3.05, 3.63) is 41.2 Å². The second-order valence-corrected chi connectivity index (χ2v) is 5.03. The molecule has 0 unspecified atom stereocenters. The van der Waals surface area contributed by atoms with E-state index in [1.807, 2.05) is 6.07 Å². The predicted octanol–water partition coefficient (Wildman–Crippen LogP) is 4.52. The van der Waals surface area contributed by atoms with Gasteiger partial charge in [0.1, 0.15) is 6.07 Å². The van der Waals surface area contributed by atoms with Gasteiger partial charge in [0.25, 0.3) is 0 Å². The molecule has 24 heavy (non-hydrogen) atoms. The number of alkyl halides is 3. The van der Waals surface area contributed by atoms with Crippen molar-refractivity contribution in [3.63, 3.8) is 0 Å². The average Bonchev–Trinajstić information content (AvgIpc) is 2.53. The van der Waals surface area contributed by atoms with Crippen LogP contribution in [0.3, 0.4) is 0 Å². The summed E-state index contributed by atoms with van der Waals surface area (Å²) in [5, 5.41) is 9.43. The quantitative estimate of drug-likeness (QED) is 0.711. The number of hydrogen-bond acceptors (Lipinski definition) is 5. The SMILES string of the molecule is N#Cc1cccc(Oc2ncc(Cl)cn2)c1OCCCC(F)(F)F. The Labute approximate surface area is 140 Å². The highest BCUT2D eigenvalue weighted by molar-refractivity contribution is 6.30. The first-order valence-corrected chi connectivity index (χ1v) is 7.15. The van der Waals surface area contributed by atoms with Gasteiger partial charge in [-0.25, -0.2) is 9.97 Å². The Bertz CT molecular complexity index is 730. The third kappa shape index (κ3) is 5.28. The van der Waals surface area contributed by atoms with E-state index in [1.54, 1.807) is 6.07 Å². The zero-order valence-corrected chi connectivity index (χ0v) is 12.9. The number of para-hydroxylation sites is 1. The molecule has 0 aliphatic carbocycles. The molecule has 1 aromatic heterocycles. The van der Waals surface area contributed by atoms with E-state index in [4.69, 9.17) is 26.3 Å². The zero-order chi connectivity index (χ0) is 17.6. The second-order valence-electron chi connectivity index (χ2n) is 4.60. The molecule has 0 aliphatic heterocycles. The Morgan fingerprint density at radius 3 is 2.54 bits per heavy atom. The summed E-state index contributed by atoms with van der Waals surface area (Å²) in [6, 6.07) is 6.38. The summed E-state index contributed by atoms with van der Waals surface area (Å²) in [4.78, 5) is 7.69. The molecule has 0 atom stereocenters. The summed E-state index contributed by atoms with van der Waals surface area (Å²) in [7, 11) is 0. The summed E-state index contributed by atoms with van der Waals surface area (Å²) < 4.78 is 47.2. The van der Waals surface area contributed by atoms with Crippen molar-refractivity contribution in [2.45, 2.75) is 19.0 Å². The van der Waals surface area contributed by atoms with Crippen LogP contribution < -0.4 is 9.47 Å². The first-order chi connectivity index (χ1) is 11.4. The maximum absolute atomic E-state index is 12.2. The molecule has 126 valence electrons. The van der Waals surface area contributed by atoms with Crippen LogP contribution in [0.1, 0.15) is 18.4 Å². The van der Waals surface area contributed by atoms with E-state index in [1.165, 1.54) is 24.5 Å². The molecule has 0 radical (unpaired) electrons. The van der Waals surface area contributed by atoms with Gasteiger partial charge in [-0.15, -0.1) is 0 Å². The normalized spacial score (nSPS) is 11.0. The number of nitrogens with zero attached hydrogens (tertiary/aromatic N) is 3. The van der Waals surface area contributed by atoms with Gasteiger partial charge in [0.2, 0.25) is 0 Å². The number of benzene rings is 1. The van der Waals surface area contributed by atoms with Crippen LogP contribution in [0.15, 0.2) is 30.6 Å². The lowest BCUT2D eigenvalue weighted by Gasteiger charge is -2.13. The van der Waals surface area contributed by atoms with Gasteiger partial charge in [0.05, 0.1) is 29.6 Å². The average molecular weight is 358 g/mol. The minimum atomic E-state index is -4.26. The van der Waals surface area contributed by atoms with Crippen molar-refractivity contribution in [1.29, 1.82) is 5.26 Å². The van der Waals surface area contributed by atoms with E-state index in [9.17, 15) is 13.2 Å². The van der Waals surface area contributed by atoms with Crippen molar-refractivity contribution >= 4 is 11.6 Å². The van der Waals surface area contributed by atoms with E-state index < -0.39 is 12.6 Å². The van der Waals surface area contributed by atoms with E-state index in [2.05, 4.69) is 9.97 Å². The molecule has 0 spiro atoms. The molecule has 1 heterocycles. The Hall–Kier alpha value is -2.53. The zero-order valence-electron chi connectivity index (χ0n) is 12.2. The van der Waals surface area contributed by atoms with E-state index >= 15 is 0 Å². The standard InChI is InChI=1S/C15H11ClF3N3O2/c16-11-8-21-14(22-9-11)24-12-4-1-3-10(7-20)13(12)23-6-2-5-15(17,18)19/h1,3-4,8-9H,2,5-6H2. The molecule has 0 N–H and O–H groups in total. The van der Waals surface area contributed by atoms with Crippen molar-refractivity contribution in [3.8, 4) is 23.6 Å². The van der Waals surface area contributed by atoms with Gasteiger partial charge in [-0.2, -0.15) is 18.4 Å². The first kappa shape index (κ1) is 17.8. The van der Waals surface area contributed by atoms with Gasteiger partial charge < -0.3 is 9.47 Å². The van der Waals surface area contributed by atoms with E-state index in [0.717, 1.165) is 0 Å². The van der Waals surface area contributed by atoms with Crippen LogP contribution in [0.4, 0.5) is 13.2 Å². The summed E-state index contributed by atoms with van der Waals surface area (Å²) in [5.41, 5.74) is 0.133. The van der Waals surface area contributed by atoms with E-state index in [0.29, 0.717) is 5.02 Å². The fourth-order valence-electron chi connectivity index (χ4n) is 1.73. The van der Waals surface area contributed by atoms with Crippen molar-refractivity contribution < 1.29 is 22.6 Å². The smallest absolute Gasteiger partial charge is 0.389 e. The highest BCUT2D eigenvalue weighted by Crippen LogP contribution is 2.34. The highest BCUT2D eigenvalue weighted by Gasteiger charge is 2.26. The minimum absolute atomic E-state index is 0.0327. The molecule has 0 aliphatic rings. The van der Waals surface area contributed by atoms with Crippen molar-refractivity contribution in [2.24, 2.45) is 0 Å². The van der Waals surface area contributed by atoms with Crippen molar-refractivity contribution in [2.75, 3.05) is 6.61 Å². The molecule has 0 bridgehead atoms. The van der Waals surface area contributed by atoms with Gasteiger partial charge in [0.15, 0.2) is 11.5 Å². The molecule has 0 saturated carbocycles. The second kappa shape index (κ2) is 7.84. The van der Waals surface area contributed by atoms with Crippen LogP contribution in [0.25, 0.3) is 0 Å². The van der Waals surface area contributed by atoms with Crippen LogP contribution in [-0.4, -0.2) is 22.8 Å². The fraction of sp³-hybridized carbons (Fsp3) is 0.267. The summed E-state index contributed by atoms with van der Waals surface area (Å²) in [6.45, 7) is -0.212. The topological polar surface area (TPSA) is 68.0 Å². The molecular formula is C15H11ClF3N3O2. The summed E-state index contributed by atoms with van der Waals surface area (Å²) >= 11 is 5.67. The number of nitriles is 1. The van der Waals surface area contributed by atoms with Gasteiger partial charge in [-0.3, -0.25) is 0 Å². The Balaban J connectivity index is 2.13. The van der Waals surface area contributed by atoms with Crippen LogP contribution in [-0.2, 0) is 0 Å². The lowest BCUT2D eigenvalue weighted by Crippen LogP contribution is -2.10. The lowest BCUT2D eigenvalue weighted by atomic mass is 10.2. The predicted molar refractivity (Wildman–Crippen MR) is 79.1 cm³/mol. The van der Waals surface area contributed by atoms with Gasteiger partial charge in [-0.1, -0.05) is 17.7 Å². The van der Waals surface area contributed by atoms with Crippen LogP contribution in [0.2, 0.25) is 5.02 Å². The molecule has 2 rings (SSSR count). The summed E-state index contributed by atoms with van der Waals surface area (Å²) in [6.07, 6.45) is -2.82. The molecule has 1 aromatic carbocycles. The lowest BCUT2D eigenvalue weighted by molar-refractivity contribution is -0.136. The third-order valence-corrected chi connectivity index (χ3v) is 2.94. The molecular weight excluding hydrogens is 347 g/mol. The van der Waals surface area contributed by atoms with Crippen LogP contribution in [0, 0.1) is 11.3 Å². The highest BCUT2D eigenvalue weighted by atomic mass is 35.5. The summed E-state index contributed by atoms with van der Waals surface area (Å²) in [5.74, 6) is 0.170. The monoisotopic (exact) mass is 357 g/mol. The number of rotatable bonds is 6. The van der Waals surface area contributed by atoms with E-state index in [-0.39, 0.29) is 36.1 Å². The number of ether oxygens (including phenoxy) is 2. The van der Waals surface area contributed by atoms with Crippen LogP contribution in [0.5, 0.6) is 17.5 Å². The first-order valence-electron chi connectivity index (χ1n) is 6.77. The minimum Gasteiger partial charge on any atom is -0.488 e. The maximum Gasteiger partial charge on any atom is 0.389 e. The van der Waals surface area contributed by atoms with Gasteiger partial charge in [0, 0.05) is 6.42 Å². The third-order valence-electron chi connectivity index (χ3n) is 2.75. The molecule has 9 heteroatoms. The molecule has 2 aromatic rings. The van der Waals surface area contributed by atoms with Gasteiger partial charge in [-0.05, 0) is 18.6 Å². The number of aromatic nitrogens is 2. The molecule has 0 amide bonds. The maximum atomic E-state index is 12.2. The molecule has 0 fully saturated rings. The number of halogens is 4. The van der Waals surface area contributed by atoms with Crippen molar-refractivity contribution in [1.82, 2.24) is 9.97 Å². The largest absolute Gasteiger partial charge is 0.488 e. The molecule has 5 nitrogen and oxygen atoms in total. The Morgan fingerprint density at radius 2 is 1.92 bits per heavy atom. The van der Waals surface area contributed by atoms with Gasteiger partial charge >= 0.3 is 12.2 Å². The number of hydrogen-bond donors (Lipinski definition) is 0. The Morgan fingerprint density at radius 1 is 1.21 bits per heavy atom. The van der Waals surface area contributed by atoms with Crippen LogP contribution >= 0.6 is 11.6 Å². The Kier molecular flexibility index (Phi) is 5.82.